The van der Waals surface area contributed by atoms with Gasteiger partial charge in [-0.05, 0) is 97.1 Å². The Labute approximate surface area is 354 Å². The number of anilines is 1. The van der Waals surface area contributed by atoms with E-state index in [1.54, 1.807) is 49.8 Å². The second-order valence-corrected chi connectivity index (χ2v) is 13.2. The van der Waals surface area contributed by atoms with Gasteiger partial charge in [0.25, 0.3) is 0 Å². The van der Waals surface area contributed by atoms with Gasteiger partial charge in [-0.15, -0.1) is 37.2 Å². The first-order valence-corrected chi connectivity index (χ1v) is 18.0. The molecule has 0 amide bonds. The fourth-order valence-corrected chi connectivity index (χ4v) is 7.34. The lowest BCUT2D eigenvalue weighted by Gasteiger charge is -2.40. The number of pyridine rings is 2. The van der Waals surface area contributed by atoms with Crippen LogP contribution in [0.15, 0.2) is 79.1 Å². The topological polar surface area (TPSA) is 96.9 Å². The van der Waals surface area contributed by atoms with Crippen LogP contribution in [0.1, 0.15) is 29.5 Å². The van der Waals surface area contributed by atoms with E-state index in [2.05, 4.69) is 51.2 Å². The summed E-state index contributed by atoms with van der Waals surface area (Å²) in [4.78, 5) is 14.4. The molecule has 0 unspecified atom stereocenters. The van der Waals surface area contributed by atoms with Crippen LogP contribution in [0.2, 0.25) is 0 Å². The van der Waals surface area contributed by atoms with Gasteiger partial charge in [-0.2, -0.15) is 0 Å². The lowest BCUT2D eigenvalue weighted by molar-refractivity contribution is 0.200. The van der Waals surface area contributed by atoms with Gasteiger partial charge in [-0.25, -0.2) is 0 Å². The largest absolute Gasteiger partial charge is 0.493 e. The standard InChI is InChI=1S/C43H50N4O7.3ClH/c1-28-20-31(23-38(49-3)41(28)52-6)34-22-30(13-17-44-34)27-47(36-10-9-11-37(48-2)42(36)53-7)33-14-18-46(19-15-33)26-29-12-16-45-35(21-29)32-24-39(50-4)43(54-8)40(25-32)51-5;;;/h9-13,16-17,20-25,33H,14-15,18-19,26-27H2,1-8H3;3*1H. The number of methoxy groups -OCH3 is 7. The summed E-state index contributed by atoms with van der Waals surface area (Å²) < 4.78 is 39.7. The van der Waals surface area contributed by atoms with Gasteiger partial charge in [0.1, 0.15) is 0 Å². The number of aryl methyl sites for hydroxylation is 1. The summed E-state index contributed by atoms with van der Waals surface area (Å²) in [5, 5.41) is 0. The Bertz CT molecular complexity index is 2040. The number of halogens is 3. The highest BCUT2D eigenvalue weighted by atomic mass is 35.5. The van der Waals surface area contributed by atoms with Crippen LogP contribution in [0.4, 0.5) is 5.69 Å². The van der Waals surface area contributed by atoms with Crippen LogP contribution in [0, 0.1) is 6.92 Å². The van der Waals surface area contributed by atoms with Gasteiger partial charge in [0.2, 0.25) is 5.75 Å². The normalized spacial score (nSPS) is 12.6. The fraction of sp³-hybridized carbons (Fsp3) is 0.349. The summed E-state index contributed by atoms with van der Waals surface area (Å²) in [6.07, 6.45) is 5.68. The highest BCUT2D eigenvalue weighted by molar-refractivity contribution is 5.86. The number of ether oxygens (including phenoxy) is 7. The minimum Gasteiger partial charge on any atom is -0.493 e. The van der Waals surface area contributed by atoms with Gasteiger partial charge >= 0.3 is 0 Å². The van der Waals surface area contributed by atoms with Crippen molar-refractivity contribution in [1.29, 1.82) is 0 Å². The molecule has 2 aromatic heterocycles. The second-order valence-electron chi connectivity index (χ2n) is 13.2. The summed E-state index contributed by atoms with van der Waals surface area (Å²) in [5.41, 5.74) is 7.88. The van der Waals surface area contributed by atoms with Crippen LogP contribution in [-0.4, -0.2) is 83.8 Å². The molecule has 0 atom stereocenters. The van der Waals surface area contributed by atoms with E-state index < -0.39 is 0 Å². The first-order valence-electron chi connectivity index (χ1n) is 18.0. The van der Waals surface area contributed by atoms with Crippen molar-refractivity contribution in [3.8, 4) is 62.8 Å². The average molecular weight is 844 g/mol. The van der Waals surface area contributed by atoms with Crippen molar-refractivity contribution in [2.75, 3.05) is 67.8 Å². The van der Waals surface area contributed by atoms with E-state index in [-0.39, 0.29) is 43.3 Å². The molecular weight excluding hydrogens is 791 g/mol. The first kappa shape index (κ1) is 46.6. The molecule has 3 aromatic carbocycles. The van der Waals surface area contributed by atoms with Crippen LogP contribution in [0.25, 0.3) is 22.5 Å². The van der Waals surface area contributed by atoms with E-state index in [4.69, 9.17) is 38.1 Å². The third-order valence-corrected chi connectivity index (χ3v) is 10.0. The van der Waals surface area contributed by atoms with E-state index in [1.807, 2.05) is 49.6 Å². The smallest absolute Gasteiger partial charge is 0.203 e. The van der Waals surface area contributed by atoms with Crippen LogP contribution in [-0.2, 0) is 13.1 Å². The van der Waals surface area contributed by atoms with E-state index in [9.17, 15) is 0 Å². The van der Waals surface area contributed by atoms with Crippen molar-refractivity contribution < 1.29 is 33.2 Å². The molecule has 308 valence electrons. The number of para-hydroxylation sites is 1. The highest BCUT2D eigenvalue weighted by Gasteiger charge is 2.28. The van der Waals surface area contributed by atoms with Gasteiger partial charge < -0.3 is 38.1 Å². The van der Waals surface area contributed by atoms with E-state index in [1.165, 1.54) is 5.56 Å². The third-order valence-electron chi connectivity index (χ3n) is 10.0. The van der Waals surface area contributed by atoms with Gasteiger partial charge in [-0.1, -0.05) is 6.07 Å². The van der Waals surface area contributed by atoms with Crippen LogP contribution in [0.5, 0.6) is 40.2 Å². The van der Waals surface area contributed by atoms with E-state index in [0.717, 1.165) is 83.3 Å². The van der Waals surface area contributed by atoms with Gasteiger partial charge in [0, 0.05) is 55.7 Å². The molecule has 14 heteroatoms. The van der Waals surface area contributed by atoms with Crippen molar-refractivity contribution in [2.24, 2.45) is 0 Å². The molecule has 1 aliphatic heterocycles. The molecular formula is C43H53Cl3N4O7. The Morgan fingerprint density at radius 2 is 1.09 bits per heavy atom. The minimum atomic E-state index is 0. The quantitative estimate of drug-likeness (QED) is 0.101. The Morgan fingerprint density at radius 3 is 1.63 bits per heavy atom. The molecule has 0 N–H and O–H groups in total. The predicted molar refractivity (Wildman–Crippen MR) is 233 cm³/mol. The Kier molecular flexibility index (Phi) is 17.7. The number of likely N-dealkylation sites (tertiary alicyclic amines) is 1. The van der Waals surface area contributed by atoms with Crippen molar-refractivity contribution in [1.82, 2.24) is 14.9 Å². The van der Waals surface area contributed by atoms with E-state index in [0.29, 0.717) is 35.3 Å². The van der Waals surface area contributed by atoms with E-state index >= 15 is 0 Å². The lowest BCUT2D eigenvalue weighted by atomic mass is 9.99. The number of benzene rings is 3. The maximum Gasteiger partial charge on any atom is 0.203 e. The molecule has 3 heterocycles. The third kappa shape index (κ3) is 10.4. The fourth-order valence-electron chi connectivity index (χ4n) is 7.34. The van der Waals surface area contributed by atoms with Gasteiger partial charge in [-0.3, -0.25) is 14.9 Å². The molecule has 1 aliphatic rings. The van der Waals surface area contributed by atoms with Crippen molar-refractivity contribution >= 4 is 42.9 Å². The first-order chi connectivity index (χ1) is 26.3. The molecule has 1 saturated heterocycles. The van der Waals surface area contributed by atoms with Crippen molar-refractivity contribution in [3.05, 3.63) is 95.8 Å². The number of hydrogen-bond donors (Lipinski definition) is 0. The van der Waals surface area contributed by atoms with Crippen LogP contribution >= 0.6 is 37.2 Å². The predicted octanol–water partition coefficient (Wildman–Crippen LogP) is 9.12. The summed E-state index contributed by atoms with van der Waals surface area (Å²) >= 11 is 0. The molecule has 0 aliphatic carbocycles. The highest BCUT2D eigenvalue weighted by Crippen LogP contribution is 2.42. The average Bonchev–Trinajstić information content (AvgIpc) is 3.22. The lowest BCUT2D eigenvalue weighted by Crippen LogP contribution is -2.44. The number of nitrogens with zero attached hydrogens (tertiary/aromatic N) is 4. The Morgan fingerprint density at radius 1 is 0.579 bits per heavy atom. The van der Waals surface area contributed by atoms with Crippen LogP contribution in [0.3, 0.4) is 0 Å². The second kappa shape index (κ2) is 21.6. The molecule has 5 aromatic rings. The summed E-state index contributed by atoms with van der Waals surface area (Å²) in [5.74, 6) is 4.58. The molecule has 1 fully saturated rings. The SMILES string of the molecule is COc1cc(-c2cc(CN(c3cccc(OC)c3OC)C3CCN(Cc4ccnc(-c5cc(OC)c(OC)c(OC)c5)c4)CC3)ccn2)cc(C)c1OC.Cl.Cl.Cl. The zero-order valence-electron chi connectivity index (χ0n) is 33.7. The number of rotatable bonds is 15. The molecule has 11 nitrogen and oxygen atoms in total. The van der Waals surface area contributed by atoms with Gasteiger partial charge in [0.15, 0.2) is 34.5 Å². The molecule has 6 rings (SSSR count). The zero-order valence-corrected chi connectivity index (χ0v) is 36.1. The minimum absolute atomic E-state index is 0. The Balaban J connectivity index is 0.00000290. The maximum absolute atomic E-state index is 5.98. The maximum atomic E-state index is 5.98. The zero-order chi connectivity index (χ0) is 38.2. The molecule has 57 heavy (non-hydrogen) atoms. The number of hydrogen-bond acceptors (Lipinski definition) is 11. The van der Waals surface area contributed by atoms with Gasteiger partial charge in [0.05, 0.1) is 66.8 Å². The number of aromatic nitrogens is 2. The van der Waals surface area contributed by atoms with Crippen molar-refractivity contribution in [2.45, 2.75) is 38.9 Å². The van der Waals surface area contributed by atoms with Crippen molar-refractivity contribution in [3.63, 3.8) is 0 Å². The summed E-state index contributed by atoms with van der Waals surface area (Å²) in [6.45, 7) is 5.36. The monoisotopic (exact) mass is 842 g/mol. The molecule has 0 spiro atoms. The Hall–Kier alpha value is -4.81. The number of piperidine rings is 1. The molecule has 0 saturated carbocycles. The molecule has 0 bridgehead atoms. The molecule has 0 radical (unpaired) electrons. The summed E-state index contributed by atoms with van der Waals surface area (Å²) in [6, 6.07) is 22.7. The van der Waals surface area contributed by atoms with Crippen LogP contribution < -0.4 is 38.1 Å². The summed E-state index contributed by atoms with van der Waals surface area (Å²) in [7, 11) is 11.5.